The lowest BCUT2D eigenvalue weighted by Gasteiger charge is -2.40. The Kier molecular flexibility index (Phi) is 6.47. The molecule has 9 nitrogen and oxygen atoms in total. The van der Waals surface area contributed by atoms with Crippen molar-refractivity contribution < 1.29 is 23.7 Å². The summed E-state index contributed by atoms with van der Waals surface area (Å²) in [5, 5.41) is 12.8. The highest BCUT2D eigenvalue weighted by Gasteiger charge is 2.35. The molecule has 0 bridgehead atoms. The van der Waals surface area contributed by atoms with E-state index in [1.807, 2.05) is 12.1 Å². The van der Waals surface area contributed by atoms with Crippen LogP contribution in [0.1, 0.15) is 21.5 Å². The van der Waals surface area contributed by atoms with Gasteiger partial charge in [0.1, 0.15) is 12.7 Å². The quantitative estimate of drug-likeness (QED) is 0.640. The summed E-state index contributed by atoms with van der Waals surface area (Å²) in [5.74, 6) is 2.23. The number of carbonyl (C=O) groups is 1. The molecule has 2 aromatic carbocycles. The highest BCUT2D eigenvalue weighted by Crippen LogP contribution is 2.37. The summed E-state index contributed by atoms with van der Waals surface area (Å²) in [5.41, 5.74) is 3.52. The Labute approximate surface area is 193 Å². The number of rotatable bonds is 7. The lowest BCUT2D eigenvalue weighted by molar-refractivity contribution is 0.0662. The van der Waals surface area contributed by atoms with Crippen LogP contribution in [0, 0.1) is 11.3 Å². The van der Waals surface area contributed by atoms with Crippen molar-refractivity contribution in [3.05, 3.63) is 41.0 Å². The molecule has 174 valence electrons. The highest BCUT2D eigenvalue weighted by atomic mass is 16.5. The molecule has 0 saturated heterocycles. The summed E-state index contributed by atoms with van der Waals surface area (Å²) >= 11 is 0. The van der Waals surface area contributed by atoms with Crippen molar-refractivity contribution in [2.45, 2.75) is 19.1 Å². The van der Waals surface area contributed by atoms with Crippen molar-refractivity contribution in [1.29, 1.82) is 5.26 Å². The topological polar surface area (TPSA) is 96.3 Å². The summed E-state index contributed by atoms with van der Waals surface area (Å²) in [4.78, 5) is 17.1. The van der Waals surface area contributed by atoms with Crippen LogP contribution in [0.4, 0.5) is 5.69 Å². The van der Waals surface area contributed by atoms with Gasteiger partial charge in [0.2, 0.25) is 0 Å². The molecular formula is C24H28N4O5. The third-order valence-electron chi connectivity index (χ3n) is 6.18. The van der Waals surface area contributed by atoms with Crippen LogP contribution < -0.4 is 24.3 Å². The van der Waals surface area contributed by atoms with Crippen LogP contribution in [-0.2, 0) is 13.0 Å². The van der Waals surface area contributed by atoms with Gasteiger partial charge >= 0.3 is 0 Å². The second-order valence-electron chi connectivity index (χ2n) is 7.97. The van der Waals surface area contributed by atoms with Crippen LogP contribution in [-0.4, -0.2) is 69.9 Å². The van der Waals surface area contributed by atoms with E-state index in [9.17, 15) is 10.1 Å². The Morgan fingerprint density at radius 3 is 2.21 bits per heavy atom. The Bertz CT molecular complexity index is 1100. The molecule has 33 heavy (non-hydrogen) atoms. The molecule has 0 spiro atoms. The van der Waals surface area contributed by atoms with E-state index >= 15 is 0 Å². The fraction of sp³-hybridized carbons (Fsp3) is 0.417. The summed E-state index contributed by atoms with van der Waals surface area (Å²) < 4.78 is 21.6. The molecule has 0 aromatic heterocycles. The number of fused-ring (bicyclic) bond motifs is 2. The van der Waals surface area contributed by atoms with E-state index in [0.29, 0.717) is 41.6 Å². The Hall–Kier alpha value is -3.64. The van der Waals surface area contributed by atoms with Crippen molar-refractivity contribution in [2.75, 3.05) is 53.4 Å². The van der Waals surface area contributed by atoms with E-state index in [1.165, 1.54) is 18.2 Å². The number of nitrogens with one attached hydrogen (secondary N) is 1. The minimum Gasteiger partial charge on any atom is -0.493 e. The van der Waals surface area contributed by atoms with E-state index < -0.39 is 0 Å². The smallest absolute Gasteiger partial charge is 0.258 e. The van der Waals surface area contributed by atoms with Gasteiger partial charge < -0.3 is 29.2 Å². The van der Waals surface area contributed by atoms with Crippen molar-refractivity contribution in [2.24, 2.45) is 0 Å². The summed E-state index contributed by atoms with van der Waals surface area (Å²) in [6.45, 7) is 2.09. The van der Waals surface area contributed by atoms with Gasteiger partial charge in [0.15, 0.2) is 23.0 Å². The number of hydrogen-bond donors (Lipinski definition) is 1. The number of anilines is 1. The third-order valence-corrected chi connectivity index (χ3v) is 6.18. The van der Waals surface area contributed by atoms with E-state index in [4.69, 9.17) is 18.9 Å². The van der Waals surface area contributed by atoms with Gasteiger partial charge in [0.25, 0.3) is 5.91 Å². The normalized spacial score (nSPS) is 17.4. The van der Waals surface area contributed by atoms with Gasteiger partial charge in [0, 0.05) is 25.7 Å². The van der Waals surface area contributed by atoms with Gasteiger partial charge in [0.05, 0.1) is 45.8 Å². The van der Waals surface area contributed by atoms with E-state index in [-0.39, 0.29) is 18.6 Å². The summed E-state index contributed by atoms with van der Waals surface area (Å²) in [6.07, 6.45) is 0.500. The second-order valence-corrected chi connectivity index (χ2v) is 7.97. The maximum atomic E-state index is 13.3. The van der Waals surface area contributed by atoms with Crippen molar-refractivity contribution in [3.63, 3.8) is 0 Å². The van der Waals surface area contributed by atoms with Crippen LogP contribution in [0.2, 0.25) is 0 Å². The Morgan fingerprint density at radius 1 is 0.970 bits per heavy atom. The number of nitriles is 1. The zero-order valence-corrected chi connectivity index (χ0v) is 19.3. The van der Waals surface area contributed by atoms with E-state index in [2.05, 4.69) is 16.3 Å². The predicted octanol–water partition coefficient (Wildman–Crippen LogP) is 2.50. The molecule has 0 saturated carbocycles. The van der Waals surface area contributed by atoms with Crippen LogP contribution in [0.25, 0.3) is 0 Å². The zero-order chi connectivity index (χ0) is 23.5. The van der Waals surface area contributed by atoms with E-state index in [1.54, 1.807) is 38.4 Å². The lowest BCUT2D eigenvalue weighted by Crippen LogP contribution is -2.54. The maximum absolute atomic E-state index is 13.3. The van der Waals surface area contributed by atoms with E-state index in [0.717, 1.165) is 18.7 Å². The van der Waals surface area contributed by atoms with Crippen molar-refractivity contribution >= 4 is 11.6 Å². The van der Waals surface area contributed by atoms with Crippen LogP contribution in [0.15, 0.2) is 24.3 Å². The maximum Gasteiger partial charge on any atom is 0.258 e. The molecule has 1 atom stereocenters. The second kappa shape index (κ2) is 9.46. The number of carbonyl (C=O) groups excluding carboxylic acids is 1. The van der Waals surface area contributed by atoms with Gasteiger partial charge in [-0.05, 0) is 35.7 Å². The summed E-state index contributed by atoms with van der Waals surface area (Å²) in [7, 11) is 6.35. The van der Waals surface area contributed by atoms with Gasteiger partial charge in [-0.3, -0.25) is 9.69 Å². The molecule has 1 amide bonds. The minimum atomic E-state index is -0.357. The van der Waals surface area contributed by atoms with Gasteiger partial charge in [-0.25, -0.2) is 0 Å². The van der Waals surface area contributed by atoms with Gasteiger partial charge in [-0.1, -0.05) is 0 Å². The fourth-order valence-electron chi connectivity index (χ4n) is 4.47. The predicted molar refractivity (Wildman–Crippen MR) is 122 cm³/mol. The first-order valence-corrected chi connectivity index (χ1v) is 10.7. The number of ether oxygens (including phenoxy) is 4. The molecule has 2 aromatic rings. The SMILES string of the molecule is COc1cc2c(cc1OC)CN(C[C@H]1Nc3cc(OC)c(OC)cc3C(=O)N1CC#N)CC2. The first kappa shape index (κ1) is 22.6. The van der Waals surface area contributed by atoms with Crippen LogP contribution in [0.3, 0.4) is 0 Å². The molecule has 2 aliphatic heterocycles. The monoisotopic (exact) mass is 452 g/mol. The molecule has 2 heterocycles. The molecule has 0 aliphatic carbocycles. The Balaban J connectivity index is 1.59. The first-order valence-electron chi connectivity index (χ1n) is 10.7. The number of methoxy groups -OCH3 is 4. The average Bonchev–Trinajstić information content (AvgIpc) is 2.84. The van der Waals surface area contributed by atoms with Crippen LogP contribution in [0.5, 0.6) is 23.0 Å². The number of nitrogens with zero attached hydrogens (tertiary/aromatic N) is 3. The minimum absolute atomic E-state index is 0.0142. The Morgan fingerprint density at radius 2 is 1.58 bits per heavy atom. The molecule has 1 N–H and O–H groups in total. The zero-order valence-electron chi connectivity index (χ0n) is 19.3. The first-order chi connectivity index (χ1) is 16.0. The number of benzene rings is 2. The largest absolute Gasteiger partial charge is 0.493 e. The number of hydrogen-bond acceptors (Lipinski definition) is 8. The molecule has 2 aliphatic rings. The van der Waals surface area contributed by atoms with Gasteiger partial charge in [-0.15, -0.1) is 0 Å². The molecule has 9 heteroatoms. The van der Waals surface area contributed by atoms with Gasteiger partial charge in [-0.2, -0.15) is 5.26 Å². The van der Waals surface area contributed by atoms with Crippen LogP contribution >= 0.6 is 0 Å². The molecular weight excluding hydrogens is 424 g/mol. The molecule has 0 unspecified atom stereocenters. The third kappa shape index (κ3) is 4.22. The fourth-order valence-corrected chi connectivity index (χ4v) is 4.47. The molecule has 0 fully saturated rings. The average molecular weight is 453 g/mol. The molecule has 0 radical (unpaired) electrons. The number of amides is 1. The lowest BCUT2D eigenvalue weighted by atomic mass is 9.98. The van der Waals surface area contributed by atoms with Crippen molar-refractivity contribution in [3.8, 4) is 29.1 Å². The molecule has 4 rings (SSSR count). The standard InChI is InChI=1S/C24H28N4O5/c1-30-19-9-15-5-7-27(13-16(15)10-20(19)31-2)14-23-26-18-12-22(33-4)21(32-3)11-17(18)24(29)28(23)8-6-25/h9-12,23,26H,5,7-8,13-14H2,1-4H3/t23-/m0/s1. The summed E-state index contributed by atoms with van der Waals surface area (Å²) in [6, 6.07) is 9.59. The highest BCUT2D eigenvalue weighted by molar-refractivity contribution is 6.02. The van der Waals surface area contributed by atoms with Crippen molar-refractivity contribution in [1.82, 2.24) is 9.80 Å².